The van der Waals surface area contributed by atoms with Gasteiger partial charge in [0.2, 0.25) is 0 Å². The van der Waals surface area contributed by atoms with Crippen LogP contribution in [0.1, 0.15) is 29.5 Å². The smallest absolute Gasteiger partial charge is 0.0107 e. The lowest BCUT2D eigenvalue weighted by atomic mass is 10.0. The van der Waals surface area contributed by atoms with Crippen LogP contribution >= 0.6 is 0 Å². The lowest BCUT2D eigenvalue weighted by molar-refractivity contribution is 0.237. The molecule has 1 heterocycles. The topological polar surface area (TPSA) is 15.3 Å². The average Bonchev–Trinajstić information content (AvgIpc) is 2.38. The third kappa shape index (κ3) is 4.11. The van der Waals surface area contributed by atoms with Crippen molar-refractivity contribution in [1.29, 1.82) is 0 Å². The lowest BCUT2D eigenvalue weighted by Gasteiger charge is -2.27. The van der Waals surface area contributed by atoms with E-state index in [1.54, 1.807) is 0 Å². The van der Waals surface area contributed by atoms with E-state index >= 15 is 0 Å². The summed E-state index contributed by atoms with van der Waals surface area (Å²) in [6.45, 7) is 10.5. The van der Waals surface area contributed by atoms with Crippen molar-refractivity contribution in [2.45, 2.75) is 33.1 Å². The van der Waals surface area contributed by atoms with E-state index in [9.17, 15) is 0 Å². The van der Waals surface area contributed by atoms with Gasteiger partial charge in [0, 0.05) is 26.2 Å². The van der Waals surface area contributed by atoms with Crippen LogP contribution in [-0.4, -0.2) is 37.6 Å². The molecule has 1 aromatic carbocycles. The summed E-state index contributed by atoms with van der Waals surface area (Å²) in [6.07, 6.45) is 3.87. The van der Waals surface area contributed by atoms with Crippen LogP contribution in [0.2, 0.25) is 0 Å². The summed E-state index contributed by atoms with van der Waals surface area (Å²) >= 11 is 0. The number of rotatable bonds is 5. The summed E-state index contributed by atoms with van der Waals surface area (Å²) < 4.78 is 0. The Morgan fingerprint density at radius 1 is 1.11 bits per heavy atom. The Kier molecular flexibility index (Phi) is 5.21. The van der Waals surface area contributed by atoms with Gasteiger partial charge in [-0.1, -0.05) is 23.8 Å². The first kappa shape index (κ1) is 13.6. The van der Waals surface area contributed by atoms with Gasteiger partial charge in [0.15, 0.2) is 0 Å². The first-order valence-electron chi connectivity index (χ1n) is 7.25. The van der Waals surface area contributed by atoms with Crippen molar-refractivity contribution in [2.75, 3.05) is 32.7 Å². The van der Waals surface area contributed by atoms with Crippen molar-refractivity contribution in [3.8, 4) is 0 Å². The van der Waals surface area contributed by atoms with Crippen LogP contribution < -0.4 is 5.32 Å². The molecule has 0 spiro atoms. The van der Waals surface area contributed by atoms with E-state index in [4.69, 9.17) is 0 Å². The first-order valence-corrected chi connectivity index (χ1v) is 7.25. The highest BCUT2D eigenvalue weighted by atomic mass is 15.2. The van der Waals surface area contributed by atoms with Gasteiger partial charge in [0.1, 0.15) is 0 Å². The average molecular weight is 246 g/mol. The van der Waals surface area contributed by atoms with Crippen LogP contribution in [0.25, 0.3) is 0 Å². The largest absolute Gasteiger partial charge is 0.314 e. The van der Waals surface area contributed by atoms with Gasteiger partial charge in [0.25, 0.3) is 0 Å². The Balaban J connectivity index is 1.68. The van der Waals surface area contributed by atoms with E-state index < -0.39 is 0 Å². The molecule has 2 heteroatoms. The highest BCUT2D eigenvalue weighted by molar-refractivity contribution is 5.30. The molecule has 2 rings (SSSR count). The number of hydrogen-bond acceptors (Lipinski definition) is 2. The molecule has 1 saturated heterocycles. The van der Waals surface area contributed by atoms with Crippen molar-refractivity contribution in [1.82, 2.24) is 10.2 Å². The fourth-order valence-electron chi connectivity index (χ4n) is 2.71. The summed E-state index contributed by atoms with van der Waals surface area (Å²) in [5.74, 6) is 0. The monoisotopic (exact) mass is 246 g/mol. The quantitative estimate of drug-likeness (QED) is 0.803. The Morgan fingerprint density at radius 2 is 1.89 bits per heavy atom. The summed E-state index contributed by atoms with van der Waals surface area (Å²) in [5.41, 5.74) is 4.36. The maximum absolute atomic E-state index is 3.40. The molecule has 0 atom stereocenters. The number of piperazine rings is 1. The van der Waals surface area contributed by atoms with Gasteiger partial charge < -0.3 is 10.2 Å². The summed E-state index contributed by atoms with van der Waals surface area (Å²) in [5, 5.41) is 3.40. The summed E-state index contributed by atoms with van der Waals surface area (Å²) in [7, 11) is 0. The van der Waals surface area contributed by atoms with E-state index in [1.807, 2.05) is 0 Å². The number of nitrogens with one attached hydrogen (secondary N) is 1. The zero-order valence-corrected chi connectivity index (χ0v) is 11.8. The molecule has 1 aliphatic heterocycles. The SMILES string of the molecule is Cc1ccc(CCCCN2CCNCC2)c(C)c1. The van der Waals surface area contributed by atoms with E-state index in [2.05, 4.69) is 42.3 Å². The Bertz CT molecular complexity index is 367. The van der Waals surface area contributed by atoms with Crippen LogP contribution in [0.15, 0.2) is 18.2 Å². The number of hydrogen-bond donors (Lipinski definition) is 1. The fourth-order valence-corrected chi connectivity index (χ4v) is 2.71. The maximum Gasteiger partial charge on any atom is 0.0107 e. The molecule has 0 aliphatic carbocycles. The highest BCUT2D eigenvalue weighted by Gasteiger charge is 2.08. The van der Waals surface area contributed by atoms with Gasteiger partial charge in [-0.05, 0) is 50.8 Å². The second-order valence-electron chi connectivity index (χ2n) is 5.48. The van der Waals surface area contributed by atoms with Gasteiger partial charge in [-0.15, -0.1) is 0 Å². The first-order chi connectivity index (χ1) is 8.75. The molecule has 0 unspecified atom stereocenters. The maximum atomic E-state index is 3.40. The number of benzene rings is 1. The van der Waals surface area contributed by atoms with Crippen LogP contribution in [0.4, 0.5) is 0 Å². The molecule has 1 aliphatic rings. The van der Waals surface area contributed by atoms with Crippen molar-refractivity contribution in [3.05, 3.63) is 34.9 Å². The van der Waals surface area contributed by atoms with E-state index in [0.717, 1.165) is 13.1 Å². The highest BCUT2D eigenvalue weighted by Crippen LogP contribution is 2.13. The van der Waals surface area contributed by atoms with Gasteiger partial charge in [-0.25, -0.2) is 0 Å². The molecule has 0 saturated carbocycles. The second kappa shape index (κ2) is 6.91. The summed E-state index contributed by atoms with van der Waals surface area (Å²) in [6, 6.07) is 6.83. The molecule has 100 valence electrons. The van der Waals surface area contributed by atoms with Crippen LogP contribution in [0.5, 0.6) is 0 Å². The van der Waals surface area contributed by atoms with Crippen LogP contribution in [0, 0.1) is 13.8 Å². The fraction of sp³-hybridized carbons (Fsp3) is 0.625. The molecule has 1 aromatic rings. The van der Waals surface area contributed by atoms with Crippen molar-refractivity contribution < 1.29 is 0 Å². The molecule has 0 aromatic heterocycles. The number of nitrogens with zero attached hydrogens (tertiary/aromatic N) is 1. The molecular formula is C16H26N2. The Hall–Kier alpha value is -0.860. The minimum atomic E-state index is 1.16. The lowest BCUT2D eigenvalue weighted by Crippen LogP contribution is -2.43. The predicted octanol–water partition coefficient (Wildman–Crippen LogP) is 2.53. The number of aryl methyl sites for hydroxylation is 3. The minimum Gasteiger partial charge on any atom is -0.314 e. The van der Waals surface area contributed by atoms with E-state index in [1.165, 1.54) is 55.6 Å². The zero-order valence-electron chi connectivity index (χ0n) is 11.8. The second-order valence-corrected chi connectivity index (χ2v) is 5.48. The number of unbranched alkanes of at least 4 members (excludes halogenated alkanes) is 1. The van der Waals surface area contributed by atoms with Crippen LogP contribution in [-0.2, 0) is 6.42 Å². The van der Waals surface area contributed by atoms with Gasteiger partial charge in [0.05, 0.1) is 0 Å². The molecule has 1 N–H and O–H groups in total. The molecule has 0 bridgehead atoms. The molecule has 2 nitrogen and oxygen atoms in total. The van der Waals surface area contributed by atoms with E-state index in [0.29, 0.717) is 0 Å². The van der Waals surface area contributed by atoms with Gasteiger partial charge >= 0.3 is 0 Å². The molecule has 1 fully saturated rings. The zero-order chi connectivity index (χ0) is 12.8. The van der Waals surface area contributed by atoms with E-state index in [-0.39, 0.29) is 0 Å². The summed E-state index contributed by atoms with van der Waals surface area (Å²) in [4.78, 5) is 2.58. The molecule has 0 amide bonds. The Morgan fingerprint density at radius 3 is 2.61 bits per heavy atom. The van der Waals surface area contributed by atoms with Crippen molar-refractivity contribution >= 4 is 0 Å². The predicted molar refractivity (Wildman–Crippen MR) is 78.2 cm³/mol. The molecule has 18 heavy (non-hydrogen) atoms. The standard InChI is InChI=1S/C16H26N2/c1-14-6-7-16(15(2)13-14)5-3-4-10-18-11-8-17-9-12-18/h6-7,13,17H,3-5,8-12H2,1-2H3. The van der Waals surface area contributed by atoms with Gasteiger partial charge in [-0.3, -0.25) is 0 Å². The Labute approximate surface area is 111 Å². The minimum absolute atomic E-state index is 1.16. The molecule has 0 radical (unpaired) electrons. The van der Waals surface area contributed by atoms with Crippen LogP contribution in [0.3, 0.4) is 0 Å². The molecular weight excluding hydrogens is 220 g/mol. The van der Waals surface area contributed by atoms with Crippen molar-refractivity contribution in [3.63, 3.8) is 0 Å². The van der Waals surface area contributed by atoms with Crippen molar-refractivity contribution in [2.24, 2.45) is 0 Å². The van der Waals surface area contributed by atoms with Gasteiger partial charge in [-0.2, -0.15) is 0 Å². The third-order valence-electron chi connectivity index (χ3n) is 3.88. The normalized spacial score (nSPS) is 17.0. The third-order valence-corrected chi connectivity index (χ3v) is 3.88.